The van der Waals surface area contributed by atoms with Crippen molar-refractivity contribution in [2.45, 2.75) is 64.1 Å². The van der Waals surface area contributed by atoms with E-state index in [1.165, 1.54) is 45.2 Å². The van der Waals surface area contributed by atoms with E-state index < -0.39 is 0 Å². The zero-order chi connectivity index (χ0) is 12.1. The maximum Gasteiger partial charge on any atom is 0.0597 e. The first kappa shape index (κ1) is 13.3. The molecule has 100 valence electrons. The van der Waals surface area contributed by atoms with Gasteiger partial charge in [-0.25, -0.2) is 0 Å². The first-order chi connectivity index (χ1) is 8.25. The number of hydrogen-bond acceptors (Lipinski definition) is 3. The van der Waals surface area contributed by atoms with E-state index in [2.05, 4.69) is 24.1 Å². The summed E-state index contributed by atoms with van der Waals surface area (Å²) in [5, 5.41) is 3.67. The van der Waals surface area contributed by atoms with Crippen molar-refractivity contribution in [3.8, 4) is 0 Å². The Bertz CT molecular complexity index is 216. The summed E-state index contributed by atoms with van der Waals surface area (Å²) in [5.74, 6) is 0. The van der Waals surface area contributed by atoms with E-state index in [4.69, 9.17) is 4.74 Å². The average molecular weight is 240 g/mol. The molecule has 1 atom stereocenters. The lowest BCUT2D eigenvalue weighted by Crippen LogP contribution is -2.47. The Morgan fingerprint density at radius 3 is 2.76 bits per heavy atom. The molecular weight excluding hydrogens is 212 g/mol. The molecule has 0 aromatic heterocycles. The highest BCUT2D eigenvalue weighted by molar-refractivity contribution is 4.85. The van der Waals surface area contributed by atoms with Crippen LogP contribution in [0.2, 0.25) is 0 Å². The molecule has 1 aliphatic carbocycles. The third kappa shape index (κ3) is 4.94. The third-order valence-electron chi connectivity index (χ3n) is 3.80. The molecule has 0 amide bonds. The van der Waals surface area contributed by atoms with Crippen LogP contribution >= 0.6 is 0 Å². The number of likely N-dealkylation sites (tertiary alicyclic amines) is 1. The lowest BCUT2D eigenvalue weighted by Gasteiger charge is -2.36. The summed E-state index contributed by atoms with van der Waals surface area (Å²) in [6.45, 7) is 8.67. The molecule has 1 unspecified atom stereocenters. The molecule has 3 nitrogen and oxygen atoms in total. The van der Waals surface area contributed by atoms with Crippen molar-refractivity contribution < 1.29 is 4.74 Å². The van der Waals surface area contributed by atoms with Crippen molar-refractivity contribution in [3.05, 3.63) is 0 Å². The van der Waals surface area contributed by atoms with Gasteiger partial charge in [0.25, 0.3) is 0 Å². The zero-order valence-electron chi connectivity index (χ0n) is 11.5. The Labute approximate surface area is 106 Å². The predicted octanol–water partition coefficient (Wildman–Crippen LogP) is 2.02. The number of ether oxygens (including phenoxy) is 1. The Morgan fingerprint density at radius 2 is 2.06 bits per heavy atom. The van der Waals surface area contributed by atoms with Gasteiger partial charge >= 0.3 is 0 Å². The standard InChI is InChI=1S/C14H28N2O/c1-12(2)17-10-9-16-8-4-3-5-14(16)11-15-13-6-7-13/h12-15H,3-11H2,1-2H3. The second-order valence-corrected chi connectivity index (χ2v) is 5.79. The zero-order valence-corrected chi connectivity index (χ0v) is 11.5. The van der Waals surface area contributed by atoms with Gasteiger partial charge in [0.15, 0.2) is 0 Å². The normalized spacial score (nSPS) is 26.6. The minimum atomic E-state index is 0.364. The maximum absolute atomic E-state index is 5.67. The number of nitrogens with zero attached hydrogens (tertiary/aromatic N) is 1. The lowest BCUT2D eigenvalue weighted by atomic mass is 10.0. The van der Waals surface area contributed by atoms with Crippen molar-refractivity contribution in [1.82, 2.24) is 10.2 Å². The summed E-state index contributed by atoms with van der Waals surface area (Å²) in [6.07, 6.45) is 7.27. The highest BCUT2D eigenvalue weighted by atomic mass is 16.5. The highest BCUT2D eigenvalue weighted by Gasteiger charge is 2.26. The van der Waals surface area contributed by atoms with Crippen molar-refractivity contribution in [1.29, 1.82) is 0 Å². The van der Waals surface area contributed by atoms with Crippen molar-refractivity contribution in [2.75, 3.05) is 26.2 Å². The fourth-order valence-electron chi connectivity index (χ4n) is 2.58. The second-order valence-electron chi connectivity index (χ2n) is 5.79. The van der Waals surface area contributed by atoms with Gasteiger partial charge in [0.1, 0.15) is 0 Å². The fourth-order valence-corrected chi connectivity index (χ4v) is 2.58. The van der Waals surface area contributed by atoms with Gasteiger partial charge in [-0.05, 0) is 46.1 Å². The molecular formula is C14H28N2O. The summed E-state index contributed by atoms with van der Waals surface area (Å²) >= 11 is 0. The van der Waals surface area contributed by atoms with Crippen LogP contribution in [0.25, 0.3) is 0 Å². The molecule has 1 N–H and O–H groups in total. The predicted molar refractivity (Wildman–Crippen MR) is 71.3 cm³/mol. The number of piperidine rings is 1. The molecule has 0 spiro atoms. The van der Waals surface area contributed by atoms with Crippen LogP contribution in [0.3, 0.4) is 0 Å². The van der Waals surface area contributed by atoms with Gasteiger partial charge in [0, 0.05) is 25.2 Å². The quantitative estimate of drug-likeness (QED) is 0.737. The Morgan fingerprint density at radius 1 is 1.24 bits per heavy atom. The number of nitrogens with one attached hydrogen (secondary N) is 1. The van der Waals surface area contributed by atoms with Crippen molar-refractivity contribution >= 4 is 0 Å². The van der Waals surface area contributed by atoms with Crippen LogP contribution < -0.4 is 5.32 Å². The molecule has 3 heteroatoms. The van der Waals surface area contributed by atoms with Crippen LogP contribution in [0.1, 0.15) is 46.0 Å². The lowest BCUT2D eigenvalue weighted by molar-refractivity contribution is 0.0401. The van der Waals surface area contributed by atoms with Gasteiger partial charge in [-0.1, -0.05) is 6.42 Å². The van der Waals surface area contributed by atoms with Gasteiger partial charge < -0.3 is 10.1 Å². The Hall–Kier alpha value is -0.120. The fraction of sp³-hybridized carbons (Fsp3) is 1.00. The first-order valence-electron chi connectivity index (χ1n) is 7.34. The maximum atomic E-state index is 5.67. The summed E-state index contributed by atoms with van der Waals surface area (Å²) in [7, 11) is 0. The monoisotopic (exact) mass is 240 g/mol. The molecule has 1 heterocycles. The van der Waals surface area contributed by atoms with E-state index in [1.54, 1.807) is 0 Å². The topological polar surface area (TPSA) is 24.5 Å². The molecule has 2 rings (SSSR count). The highest BCUT2D eigenvalue weighted by Crippen LogP contribution is 2.21. The molecule has 1 saturated heterocycles. The van der Waals surface area contributed by atoms with Crippen LogP contribution in [-0.4, -0.2) is 49.3 Å². The molecule has 1 saturated carbocycles. The summed E-state index contributed by atoms with van der Waals surface area (Å²) in [4.78, 5) is 2.63. The molecule has 17 heavy (non-hydrogen) atoms. The van der Waals surface area contributed by atoms with Gasteiger partial charge in [0.05, 0.1) is 12.7 Å². The number of hydrogen-bond donors (Lipinski definition) is 1. The minimum Gasteiger partial charge on any atom is -0.377 e. The molecule has 2 aliphatic rings. The van der Waals surface area contributed by atoms with Crippen molar-refractivity contribution in [3.63, 3.8) is 0 Å². The molecule has 1 aliphatic heterocycles. The molecule has 2 fully saturated rings. The van der Waals surface area contributed by atoms with Gasteiger partial charge in [-0.3, -0.25) is 4.90 Å². The van der Waals surface area contributed by atoms with Gasteiger partial charge in [-0.2, -0.15) is 0 Å². The minimum absolute atomic E-state index is 0.364. The van der Waals surface area contributed by atoms with E-state index >= 15 is 0 Å². The summed E-state index contributed by atoms with van der Waals surface area (Å²) < 4.78 is 5.67. The SMILES string of the molecule is CC(C)OCCN1CCCCC1CNC1CC1. The Balaban J connectivity index is 1.67. The van der Waals surface area contributed by atoms with Crippen LogP contribution in [0.5, 0.6) is 0 Å². The van der Waals surface area contributed by atoms with Gasteiger partial charge in [0.2, 0.25) is 0 Å². The van der Waals surface area contributed by atoms with E-state index in [1.807, 2.05) is 0 Å². The van der Waals surface area contributed by atoms with Crippen molar-refractivity contribution in [2.24, 2.45) is 0 Å². The van der Waals surface area contributed by atoms with Gasteiger partial charge in [-0.15, -0.1) is 0 Å². The average Bonchev–Trinajstić information content (AvgIpc) is 3.11. The van der Waals surface area contributed by atoms with E-state index in [9.17, 15) is 0 Å². The van der Waals surface area contributed by atoms with Crippen LogP contribution in [0.4, 0.5) is 0 Å². The molecule has 0 radical (unpaired) electrons. The van der Waals surface area contributed by atoms with E-state index in [0.29, 0.717) is 6.10 Å². The van der Waals surface area contributed by atoms with Crippen LogP contribution in [0.15, 0.2) is 0 Å². The Kier molecular flexibility index (Phi) is 5.26. The summed E-state index contributed by atoms with van der Waals surface area (Å²) in [5.41, 5.74) is 0. The smallest absolute Gasteiger partial charge is 0.0597 e. The van der Waals surface area contributed by atoms with E-state index in [0.717, 1.165) is 25.2 Å². The second kappa shape index (κ2) is 6.72. The van der Waals surface area contributed by atoms with Crippen LogP contribution in [0, 0.1) is 0 Å². The largest absolute Gasteiger partial charge is 0.377 e. The molecule has 0 aromatic carbocycles. The third-order valence-corrected chi connectivity index (χ3v) is 3.80. The molecule has 0 bridgehead atoms. The first-order valence-corrected chi connectivity index (χ1v) is 7.34. The molecule has 0 aromatic rings. The number of rotatable bonds is 7. The van der Waals surface area contributed by atoms with E-state index in [-0.39, 0.29) is 0 Å². The summed E-state index contributed by atoms with van der Waals surface area (Å²) in [6, 6.07) is 1.59. The van der Waals surface area contributed by atoms with Crippen LogP contribution in [-0.2, 0) is 4.74 Å².